The van der Waals surface area contributed by atoms with Crippen molar-refractivity contribution in [2.45, 2.75) is 33.8 Å². The van der Waals surface area contributed by atoms with Gasteiger partial charge in [-0.3, -0.25) is 0 Å². The van der Waals surface area contributed by atoms with Crippen molar-refractivity contribution in [3.63, 3.8) is 0 Å². The van der Waals surface area contributed by atoms with Crippen LogP contribution in [0.25, 0.3) is 0 Å². The Kier molecular flexibility index (Phi) is 4.69. The van der Waals surface area contributed by atoms with E-state index in [0.717, 1.165) is 11.3 Å². The maximum absolute atomic E-state index is 10.5. The first-order chi connectivity index (χ1) is 9.86. The number of likely N-dealkylation sites (N-methyl/N-ethyl adjacent to an activating group) is 1. The van der Waals surface area contributed by atoms with Gasteiger partial charge in [-0.25, -0.2) is 0 Å². The second kappa shape index (κ2) is 6.31. The molecule has 0 spiro atoms. The molecule has 0 saturated carbocycles. The normalized spacial score (nSPS) is 12.3. The fourth-order valence-electron chi connectivity index (χ4n) is 2.61. The third-order valence-electron chi connectivity index (χ3n) is 4.01. The lowest BCUT2D eigenvalue weighted by Gasteiger charge is -2.24. The quantitative estimate of drug-likeness (QED) is 0.913. The summed E-state index contributed by atoms with van der Waals surface area (Å²) in [5, 5.41) is 10.5. The van der Waals surface area contributed by atoms with Crippen molar-refractivity contribution in [1.29, 1.82) is 0 Å². The van der Waals surface area contributed by atoms with Crippen LogP contribution in [-0.4, -0.2) is 18.7 Å². The zero-order valence-electron chi connectivity index (χ0n) is 13.6. The highest BCUT2D eigenvalue weighted by Crippen LogP contribution is 2.22. The number of aliphatic hydroxyl groups is 1. The lowest BCUT2D eigenvalue weighted by Crippen LogP contribution is -2.24. The van der Waals surface area contributed by atoms with Crippen LogP contribution < -0.4 is 4.90 Å². The second-order valence-electron chi connectivity index (χ2n) is 6.09. The van der Waals surface area contributed by atoms with Crippen LogP contribution in [0.5, 0.6) is 0 Å². The molecule has 0 aromatic heterocycles. The Balaban J connectivity index is 2.14. The van der Waals surface area contributed by atoms with Gasteiger partial charge in [0.25, 0.3) is 0 Å². The lowest BCUT2D eigenvalue weighted by molar-refractivity contribution is 0.185. The van der Waals surface area contributed by atoms with Gasteiger partial charge in [0.15, 0.2) is 0 Å². The summed E-state index contributed by atoms with van der Waals surface area (Å²) in [7, 11) is 2.03. The molecule has 0 aliphatic heterocycles. The van der Waals surface area contributed by atoms with Gasteiger partial charge in [0.1, 0.15) is 0 Å². The molecular weight excluding hydrogens is 258 g/mol. The van der Waals surface area contributed by atoms with Crippen molar-refractivity contribution >= 4 is 5.69 Å². The summed E-state index contributed by atoms with van der Waals surface area (Å²) < 4.78 is 0. The SMILES string of the molecule is Cc1cc(C)cc(N(C)CC(O)c2ccc(C)c(C)c2)c1. The van der Waals surface area contributed by atoms with Gasteiger partial charge in [-0.2, -0.15) is 0 Å². The molecule has 2 rings (SSSR count). The number of nitrogens with zero attached hydrogens (tertiary/aromatic N) is 1. The van der Waals surface area contributed by atoms with Crippen molar-refractivity contribution in [1.82, 2.24) is 0 Å². The molecular formula is C19H25NO. The number of aliphatic hydroxyl groups excluding tert-OH is 1. The summed E-state index contributed by atoms with van der Waals surface area (Å²) >= 11 is 0. The Labute approximate surface area is 128 Å². The molecule has 0 radical (unpaired) electrons. The summed E-state index contributed by atoms with van der Waals surface area (Å²) in [5.41, 5.74) is 7.11. The van der Waals surface area contributed by atoms with Crippen LogP contribution in [0.3, 0.4) is 0 Å². The first-order valence-corrected chi connectivity index (χ1v) is 7.41. The molecule has 2 heteroatoms. The van der Waals surface area contributed by atoms with E-state index in [4.69, 9.17) is 0 Å². The number of hydrogen-bond donors (Lipinski definition) is 1. The van der Waals surface area contributed by atoms with Crippen LogP contribution in [0, 0.1) is 27.7 Å². The summed E-state index contributed by atoms with van der Waals surface area (Å²) in [4.78, 5) is 2.11. The van der Waals surface area contributed by atoms with Crippen LogP contribution in [-0.2, 0) is 0 Å². The molecule has 1 N–H and O–H groups in total. The van der Waals surface area contributed by atoms with Gasteiger partial charge in [0, 0.05) is 19.3 Å². The summed E-state index contributed by atoms with van der Waals surface area (Å²) in [6, 6.07) is 12.6. The average Bonchev–Trinajstić information content (AvgIpc) is 2.40. The second-order valence-corrected chi connectivity index (χ2v) is 6.09. The Morgan fingerprint density at radius 3 is 2.10 bits per heavy atom. The van der Waals surface area contributed by atoms with Crippen molar-refractivity contribution < 1.29 is 5.11 Å². The van der Waals surface area contributed by atoms with Gasteiger partial charge < -0.3 is 10.0 Å². The van der Waals surface area contributed by atoms with Gasteiger partial charge in [-0.05, 0) is 67.6 Å². The standard InChI is InChI=1S/C19H25NO/c1-13-8-14(2)10-18(9-13)20(5)12-19(21)17-7-6-15(3)16(4)11-17/h6-11,19,21H,12H2,1-5H3. The number of rotatable bonds is 4. The topological polar surface area (TPSA) is 23.5 Å². The molecule has 2 nitrogen and oxygen atoms in total. The van der Waals surface area contributed by atoms with E-state index >= 15 is 0 Å². The maximum Gasteiger partial charge on any atom is 0.0964 e. The molecule has 1 atom stereocenters. The third-order valence-corrected chi connectivity index (χ3v) is 4.01. The average molecular weight is 283 g/mol. The zero-order valence-corrected chi connectivity index (χ0v) is 13.6. The van der Waals surface area contributed by atoms with E-state index in [0.29, 0.717) is 6.54 Å². The summed E-state index contributed by atoms with van der Waals surface area (Å²) in [5.74, 6) is 0. The van der Waals surface area contributed by atoms with Crippen molar-refractivity contribution in [3.05, 3.63) is 64.2 Å². The van der Waals surface area contributed by atoms with E-state index in [-0.39, 0.29) is 0 Å². The maximum atomic E-state index is 10.5. The molecule has 0 aliphatic rings. The van der Waals surface area contributed by atoms with E-state index in [1.807, 2.05) is 13.1 Å². The van der Waals surface area contributed by atoms with E-state index in [2.05, 4.69) is 62.9 Å². The monoisotopic (exact) mass is 283 g/mol. The Hall–Kier alpha value is -1.80. The van der Waals surface area contributed by atoms with Crippen LogP contribution in [0.1, 0.15) is 33.9 Å². The molecule has 1 unspecified atom stereocenters. The molecule has 0 fully saturated rings. The lowest BCUT2D eigenvalue weighted by atomic mass is 10.0. The van der Waals surface area contributed by atoms with Crippen molar-refractivity contribution in [3.8, 4) is 0 Å². The first kappa shape index (κ1) is 15.6. The van der Waals surface area contributed by atoms with Crippen LogP contribution in [0.15, 0.2) is 36.4 Å². The van der Waals surface area contributed by atoms with E-state index in [9.17, 15) is 5.11 Å². The van der Waals surface area contributed by atoms with Crippen LogP contribution in [0.2, 0.25) is 0 Å². The molecule has 2 aromatic rings. The summed E-state index contributed by atoms with van der Waals surface area (Å²) in [6.45, 7) is 8.96. The highest BCUT2D eigenvalue weighted by atomic mass is 16.3. The Bertz CT molecular complexity index is 613. The first-order valence-electron chi connectivity index (χ1n) is 7.41. The van der Waals surface area contributed by atoms with Crippen LogP contribution >= 0.6 is 0 Å². The van der Waals surface area contributed by atoms with Gasteiger partial charge in [0.05, 0.1) is 6.10 Å². The van der Waals surface area contributed by atoms with E-state index in [1.165, 1.54) is 22.3 Å². The fourth-order valence-corrected chi connectivity index (χ4v) is 2.61. The van der Waals surface area contributed by atoms with Gasteiger partial charge >= 0.3 is 0 Å². The predicted octanol–water partition coefficient (Wildman–Crippen LogP) is 4.09. The molecule has 112 valence electrons. The fraction of sp³-hybridized carbons (Fsp3) is 0.368. The Morgan fingerprint density at radius 1 is 0.905 bits per heavy atom. The van der Waals surface area contributed by atoms with Crippen LogP contribution in [0.4, 0.5) is 5.69 Å². The minimum absolute atomic E-state index is 0.477. The molecule has 21 heavy (non-hydrogen) atoms. The number of benzene rings is 2. The van der Waals surface area contributed by atoms with Crippen molar-refractivity contribution in [2.24, 2.45) is 0 Å². The minimum Gasteiger partial charge on any atom is -0.387 e. The molecule has 0 aliphatic carbocycles. The van der Waals surface area contributed by atoms with Crippen molar-refractivity contribution in [2.75, 3.05) is 18.5 Å². The number of anilines is 1. The van der Waals surface area contributed by atoms with E-state index < -0.39 is 6.10 Å². The molecule has 0 amide bonds. The predicted molar refractivity (Wildman–Crippen MR) is 90.1 cm³/mol. The van der Waals surface area contributed by atoms with Gasteiger partial charge in [0.2, 0.25) is 0 Å². The minimum atomic E-state index is -0.477. The smallest absolute Gasteiger partial charge is 0.0964 e. The highest BCUT2D eigenvalue weighted by molar-refractivity contribution is 5.50. The Morgan fingerprint density at radius 2 is 1.52 bits per heavy atom. The highest BCUT2D eigenvalue weighted by Gasteiger charge is 2.12. The van der Waals surface area contributed by atoms with Gasteiger partial charge in [-0.1, -0.05) is 24.3 Å². The zero-order chi connectivity index (χ0) is 15.6. The largest absolute Gasteiger partial charge is 0.387 e. The molecule has 0 heterocycles. The molecule has 0 bridgehead atoms. The number of hydrogen-bond acceptors (Lipinski definition) is 2. The summed E-state index contributed by atoms with van der Waals surface area (Å²) in [6.07, 6.45) is -0.477. The molecule has 0 saturated heterocycles. The third kappa shape index (κ3) is 3.85. The van der Waals surface area contributed by atoms with Gasteiger partial charge in [-0.15, -0.1) is 0 Å². The molecule has 2 aromatic carbocycles. The van der Waals surface area contributed by atoms with E-state index in [1.54, 1.807) is 0 Å². The number of aryl methyl sites for hydroxylation is 4.